The Morgan fingerprint density at radius 1 is 1.27 bits per heavy atom. The highest BCUT2D eigenvalue weighted by Gasteiger charge is 2.15. The van der Waals surface area contributed by atoms with Crippen LogP contribution in [0.2, 0.25) is 0 Å². The van der Waals surface area contributed by atoms with E-state index >= 15 is 0 Å². The molecule has 0 radical (unpaired) electrons. The molecule has 2 rings (SSSR count). The van der Waals surface area contributed by atoms with Gasteiger partial charge in [-0.1, -0.05) is 18.7 Å². The molecule has 2 aromatic rings. The van der Waals surface area contributed by atoms with Crippen LogP contribution in [0, 0.1) is 0 Å². The van der Waals surface area contributed by atoms with Crippen molar-refractivity contribution >= 4 is 23.7 Å². The van der Waals surface area contributed by atoms with Gasteiger partial charge in [-0.2, -0.15) is 0 Å². The average Bonchev–Trinajstić information content (AvgIpc) is 3.00. The van der Waals surface area contributed by atoms with E-state index in [0.717, 1.165) is 17.7 Å². The zero-order chi connectivity index (χ0) is 19.1. The molecule has 0 fully saturated rings. The normalized spacial score (nSPS) is 11.7. The molecule has 0 bridgehead atoms. The van der Waals surface area contributed by atoms with Gasteiger partial charge in [0.2, 0.25) is 5.91 Å². The quantitative estimate of drug-likeness (QED) is 0.718. The van der Waals surface area contributed by atoms with Crippen molar-refractivity contribution in [2.24, 2.45) is 7.05 Å². The van der Waals surface area contributed by atoms with Crippen LogP contribution >= 0.6 is 11.8 Å². The zero-order valence-corrected chi connectivity index (χ0v) is 16.1. The van der Waals surface area contributed by atoms with Gasteiger partial charge < -0.3 is 14.6 Å². The Morgan fingerprint density at radius 3 is 2.58 bits per heavy atom. The molecule has 2 N–H and O–H groups in total. The second-order valence-electron chi connectivity index (χ2n) is 5.71. The largest absolute Gasteiger partial charge is 0.497 e. The van der Waals surface area contributed by atoms with E-state index < -0.39 is 6.03 Å². The molecule has 3 amide bonds. The fourth-order valence-corrected chi connectivity index (χ4v) is 2.80. The lowest BCUT2D eigenvalue weighted by atomic mass is 10.2. The van der Waals surface area contributed by atoms with Crippen LogP contribution in [0.25, 0.3) is 11.4 Å². The second-order valence-corrected chi connectivity index (χ2v) is 6.66. The number of ether oxygens (including phenoxy) is 1. The molecule has 1 aromatic heterocycles. The molecule has 1 aromatic carbocycles. The maximum atomic E-state index is 11.9. The summed E-state index contributed by atoms with van der Waals surface area (Å²) in [5.74, 6) is 1.13. The summed E-state index contributed by atoms with van der Waals surface area (Å²) in [6, 6.07) is 7.01. The van der Waals surface area contributed by atoms with Gasteiger partial charge in [-0.25, -0.2) is 4.79 Å². The number of carbonyl (C=O) groups is 2. The van der Waals surface area contributed by atoms with E-state index in [2.05, 4.69) is 20.8 Å². The molecular weight excluding hydrogens is 354 g/mol. The van der Waals surface area contributed by atoms with Crippen molar-refractivity contribution in [3.8, 4) is 17.1 Å². The number of rotatable bonds is 7. The summed E-state index contributed by atoms with van der Waals surface area (Å²) < 4.78 is 6.95. The highest BCUT2D eigenvalue weighted by atomic mass is 32.2. The Bertz CT molecular complexity index is 760. The second kappa shape index (κ2) is 9.23. The Kier molecular flexibility index (Phi) is 7.02. The fraction of sp³-hybridized carbons (Fsp3) is 0.412. The first-order valence-electron chi connectivity index (χ1n) is 8.21. The molecular formula is C17H23N5O3S. The number of nitrogens with zero attached hydrogens (tertiary/aromatic N) is 3. The lowest BCUT2D eigenvalue weighted by Gasteiger charge is -2.11. The molecule has 0 unspecified atom stereocenters. The number of nitrogens with one attached hydrogen (secondary N) is 2. The molecule has 0 saturated heterocycles. The maximum Gasteiger partial charge on any atom is 0.321 e. The zero-order valence-electron chi connectivity index (χ0n) is 15.3. The summed E-state index contributed by atoms with van der Waals surface area (Å²) in [6.45, 7) is 3.83. The number of hydrogen-bond donors (Lipinski definition) is 2. The van der Waals surface area contributed by atoms with Crippen LogP contribution in [0.15, 0.2) is 29.4 Å². The Hall–Kier alpha value is -2.55. The van der Waals surface area contributed by atoms with Gasteiger partial charge in [0.25, 0.3) is 0 Å². The first-order valence-corrected chi connectivity index (χ1v) is 9.20. The number of urea groups is 1. The molecule has 26 heavy (non-hydrogen) atoms. The number of thioether (sulfide) groups is 1. The van der Waals surface area contributed by atoms with Gasteiger partial charge in [-0.15, -0.1) is 10.2 Å². The Morgan fingerprint density at radius 2 is 1.96 bits per heavy atom. The SMILES string of the molecule is CC[C@@H](C)NC(=O)NC(=O)CSc1nnc(-c2ccc(OC)cc2)n1C. The Labute approximate surface area is 156 Å². The molecule has 1 atom stereocenters. The van der Waals surface area contributed by atoms with E-state index in [9.17, 15) is 9.59 Å². The summed E-state index contributed by atoms with van der Waals surface area (Å²) in [4.78, 5) is 23.5. The number of hydrogen-bond acceptors (Lipinski definition) is 6. The molecule has 0 spiro atoms. The van der Waals surface area contributed by atoms with E-state index in [-0.39, 0.29) is 17.7 Å². The van der Waals surface area contributed by atoms with Crippen LogP contribution in [0.5, 0.6) is 5.75 Å². The van der Waals surface area contributed by atoms with Crippen LogP contribution in [-0.2, 0) is 11.8 Å². The average molecular weight is 377 g/mol. The number of imide groups is 1. The Balaban J connectivity index is 1.93. The predicted octanol–water partition coefficient (Wildman–Crippen LogP) is 2.21. The highest BCUT2D eigenvalue weighted by molar-refractivity contribution is 7.99. The minimum atomic E-state index is -0.484. The molecule has 0 aliphatic carbocycles. The summed E-state index contributed by atoms with van der Waals surface area (Å²) in [5, 5.41) is 13.9. The summed E-state index contributed by atoms with van der Waals surface area (Å²) in [7, 11) is 3.44. The van der Waals surface area contributed by atoms with Crippen molar-refractivity contribution in [2.45, 2.75) is 31.5 Å². The van der Waals surface area contributed by atoms with Crippen LogP contribution in [0.1, 0.15) is 20.3 Å². The van der Waals surface area contributed by atoms with E-state index in [1.165, 1.54) is 11.8 Å². The first-order chi connectivity index (χ1) is 12.4. The molecule has 8 nitrogen and oxygen atoms in total. The molecule has 140 valence electrons. The van der Waals surface area contributed by atoms with Crippen molar-refractivity contribution in [3.63, 3.8) is 0 Å². The maximum absolute atomic E-state index is 11.9. The number of amides is 3. The predicted molar refractivity (Wildman–Crippen MR) is 100 cm³/mol. The van der Waals surface area contributed by atoms with Gasteiger partial charge >= 0.3 is 6.03 Å². The van der Waals surface area contributed by atoms with Crippen LogP contribution < -0.4 is 15.4 Å². The van der Waals surface area contributed by atoms with E-state index in [0.29, 0.717) is 11.0 Å². The summed E-state index contributed by atoms with van der Waals surface area (Å²) in [5.41, 5.74) is 0.894. The number of methoxy groups -OCH3 is 1. The highest BCUT2D eigenvalue weighted by Crippen LogP contribution is 2.24. The van der Waals surface area contributed by atoms with Crippen LogP contribution in [0.3, 0.4) is 0 Å². The standard InChI is InChI=1S/C17H23N5O3S/c1-5-11(2)18-16(24)19-14(23)10-26-17-21-20-15(22(17)3)12-6-8-13(25-4)9-7-12/h6-9,11H,5,10H2,1-4H3,(H2,18,19,23,24)/t11-/m1/s1. The van der Waals surface area contributed by atoms with Crippen molar-refractivity contribution in [3.05, 3.63) is 24.3 Å². The minimum Gasteiger partial charge on any atom is -0.497 e. The first kappa shape index (κ1) is 19.8. The van der Waals surface area contributed by atoms with Gasteiger partial charge in [0.05, 0.1) is 12.9 Å². The van der Waals surface area contributed by atoms with Gasteiger partial charge in [-0.3, -0.25) is 10.1 Å². The monoisotopic (exact) mass is 377 g/mol. The summed E-state index contributed by atoms with van der Waals surface area (Å²) in [6.07, 6.45) is 0.795. The van der Waals surface area contributed by atoms with E-state index in [1.807, 2.05) is 45.2 Å². The number of carbonyl (C=O) groups excluding carboxylic acids is 2. The molecule has 0 aliphatic rings. The van der Waals surface area contributed by atoms with Crippen LogP contribution in [0.4, 0.5) is 4.79 Å². The van der Waals surface area contributed by atoms with Gasteiger partial charge in [-0.05, 0) is 37.6 Å². The van der Waals surface area contributed by atoms with E-state index in [4.69, 9.17) is 4.74 Å². The van der Waals surface area contributed by atoms with Crippen molar-refractivity contribution in [2.75, 3.05) is 12.9 Å². The van der Waals surface area contributed by atoms with E-state index in [1.54, 1.807) is 11.7 Å². The third kappa shape index (κ3) is 5.22. The van der Waals surface area contributed by atoms with Crippen molar-refractivity contribution in [1.29, 1.82) is 0 Å². The summed E-state index contributed by atoms with van der Waals surface area (Å²) >= 11 is 1.22. The topological polar surface area (TPSA) is 98.1 Å². The van der Waals surface area contributed by atoms with Gasteiger partial charge in [0, 0.05) is 18.7 Å². The number of aromatic nitrogens is 3. The third-order valence-corrected chi connectivity index (χ3v) is 4.78. The molecule has 0 saturated carbocycles. The van der Waals surface area contributed by atoms with Gasteiger partial charge in [0.15, 0.2) is 11.0 Å². The molecule has 9 heteroatoms. The van der Waals surface area contributed by atoms with Gasteiger partial charge in [0.1, 0.15) is 5.75 Å². The van der Waals surface area contributed by atoms with Crippen molar-refractivity contribution in [1.82, 2.24) is 25.4 Å². The lowest BCUT2D eigenvalue weighted by molar-refractivity contribution is -0.117. The minimum absolute atomic E-state index is 0.0150. The number of benzene rings is 1. The molecule has 1 heterocycles. The smallest absolute Gasteiger partial charge is 0.321 e. The molecule has 0 aliphatic heterocycles. The van der Waals surface area contributed by atoms with Crippen LogP contribution in [-0.4, -0.2) is 45.6 Å². The third-order valence-electron chi connectivity index (χ3n) is 3.76. The van der Waals surface area contributed by atoms with Crippen molar-refractivity contribution < 1.29 is 14.3 Å². The fourth-order valence-electron chi connectivity index (χ4n) is 2.09. The lowest BCUT2D eigenvalue weighted by Crippen LogP contribution is -2.43.